The molecular weight excluding hydrogens is 508 g/mol. The summed E-state index contributed by atoms with van der Waals surface area (Å²) in [6, 6.07) is 5.17. The first kappa shape index (κ1) is 25.8. The van der Waals surface area contributed by atoms with Crippen molar-refractivity contribution < 1.29 is 36.1 Å². The maximum Gasteiger partial charge on any atom is 0.414 e. The standard InChI is InChI=1S/C21H22F4N6O4S/c22-16-9-13(30-12-14(35-21(30)33)11-27-20(32)19(24)25)10-17(23)18(16)29-6-5-28-31(8-7-29)36(34)15-1-3-26-4-2-15/h1-4,9-10,14,19,28H,5-8,11-12H2,(H,27,32)/t14-,36?/m0/s1. The molecule has 2 fully saturated rings. The number of carbonyl (C=O) groups excluding carboxylic acids is 2. The minimum absolute atomic E-state index is 0.116. The Morgan fingerprint density at radius 2 is 1.89 bits per heavy atom. The lowest BCUT2D eigenvalue weighted by atomic mass is 10.2. The molecule has 3 heterocycles. The lowest BCUT2D eigenvalue weighted by Crippen LogP contribution is -2.40. The Balaban J connectivity index is 1.43. The summed E-state index contributed by atoms with van der Waals surface area (Å²) in [7, 11) is -1.54. The molecule has 2 atom stereocenters. The number of amides is 2. The molecule has 1 aromatic carbocycles. The number of cyclic esters (lactones) is 1. The Hall–Kier alpha value is -3.30. The van der Waals surface area contributed by atoms with E-state index in [-0.39, 0.29) is 50.6 Å². The minimum atomic E-state index is -3.22. The van der Waals surface area contributed by atoms with E-state index >= 15 is 8.78 Å². The zero-order valence-electron chi connectivity index (χ0n) is 18.7. The number of rotatable bonds is 7. The summed E-state index contributed by atoms with van der Waals surface area (Å²) in [5.74, 6) is -3.35. The Morgan fingerprint density at radius 3 is 2.56 bits per heavy atom. The SMILES string of the molecule is O=C(NC[C@H]1CN(c2cc(F)c(N3CCNN(S(=O)c4ccncc4)CC3)c(F)c2)C(=O)O1)C(F)F. The fourth-order valence-corrected chi connectivity index (χ4v) is 4.86. The molecule has 10 nitrogen and oxygen atoms in total. The third kappa shape index (κ3) is 5.74. The number of hydrogen-bond acceptors (Lipinski definition) is 7. The fraction of sp³-hybridized carbons (Fsp3) is 0.381. The lowest BCUT2D eigenvalue weighted by molar-refractivity contribution is -0.132. The molecule has 2 N–H and O–H groups in total. The van der Waals surface area contributed by atoms with Crippen LogP contribution in [-0.4, -0.2) is 77.4 Å². The Kier molecular flexibility index (Phi) is 8.01. The first-order valence-corrected chi connectivity index (χ1v) is 12.0. The van der Waals surface area contributed by atoms with Gasteiger partial charge in [0, 0.05) is 50.7 Å². The van der Waals surface area contributed by atoms with Gasteiger partial charge >= 0.3 is 12.5 Å². The smallest absolute Gasteiger partial charge is 0.414 e. The molecule has 2 aromatic rings. The van der Waals surface area contributed by atoms with E-state index in [1.807, 2.05) is 5.32 Å². The molecule has 2 aliphatic rings. The zero-order valence-corrected chi connectivity index (χ0v) is 19.5. The largest absolute Gasteiger partial charge is 0.442 e. The molecule has 0 bridgehead atoms. The quantitative estimate of drug-likeness (QED) is 0.522. The number of carbonyl (C=O) groups is 2. The van der Waals surface area contributed by atoms with Crippen molar-refractivity contribution in [3.63, 3.8) is 0 Å². The van der Waals surface area contributed by atoms with Crippen LogP contribution in [0.1, 0.15) is 0 Å². The number of ether oxygens (including phenoxy) is 1. The highest BCUT2D eigenvalue weighted by Crippen LogP contribution is 2.31. The van der Waals surface area contributed by atoms with Gasteiger partial charge in [0.2, 0.25) is 0 Å². The van der Waals surface area contributed by atoms with Crippen molar-refractivity contribution in [2.75, 3.05) is 49.1 Å². The van der Waals surface area contributed by atoms with E-state index < -0.39 is 47.1 Å². The number of anilines is 2. The van der Waals surface area contributed by atoms with Crippen LogP contribution in [0, 0.1) is 11.6 Å². The van der Waals surface area contributed by atoms with E-state index in [9.17, 15) is 22.6 Å². The predicted molar refractivity (Wildman–Crippen MR) is 121 cm³/mol. The van der Waals surface area contributed by atoms with E-state index in [2.05, 4.69) is 10.4 Å². The number of nitrogens with zero attached hydrogens (tertiary/aromatic N) is 4. The summed E-state index contributed by atoms with van der Waals surface area (Å²) < 4.78 is 74.0. The van der Waals surface area contributed by atoms with Crippen LogP contribution in [0.4, 0.5) is 33.7 Å². The number of pyridine rings is 1. The van der Waals surface area contributed by atoms with E-state index in [0.29, 0.717) is 4.90 Å². The van der Waals surface area contributed by atoms with Gasteiger partial charge in [-0.2, -0.15) is 13.2 Å². The average molecular weight is 531 g/mol. The monoisotopic (exact) mass is 530 g/mol. The lowest BCUT2D eigenvalue weighted by Gasteiger charge is -2.25. The number of aromatic nitrogens is 1. The van der Waals surface area contributed by atoms with Gasteiger partial charge in [-0.15, -0.1) is 0 Å². The molecular formula is C21H22F4N6O4S. The van der Waals surface area contributed by atoms with Crippen LogP contribution >= 0.6 is 0 Å². The number of nitrogens with one attached hydrogen (secondary N) is 2. The van der Waals surface area contributed by atoms with Crippen molar-refractivity contribution in [3.05, 3.63) is 48.3 Å². The highest BCUT2D eigenvalue weighted by molar-refractivity contribution is 7.82. The molecule has 0 saturated carbocycles. The van der Waals surface area contributed by atoms with Crippen molar-refractivity contribution in [2.24, 2.45) is 0 Å². The van der Waals surface area contributed by atoms with E-state index in [0.717, 1.165) is 17.0 Å². The van der Waals surface area contributed by atoms with Gasteiger partial charge < -0.3 is 15.0 Å². The number of hydrogen-bond donors (Lipinski definition) is 2. The summed E-state index contributed by atoms with van der Waals surface area (Å²) in [5, 5.41) is 1.94. The van der Waals surface area contributed by atoms with Gasteiger partial charge in [-0.05, 0) is 12.1 Å². The number of halogens is 4. The normalized spacial score (nSPS) is 19.8. The van der Waals surface area contributed by atoms with Crippen LogP contribution in [0.5, 0.6) is 0 Å². The summed E-state index contributed by atoms with van der Waals surface area (Å²) >= 11 is 0. The number of alkyl halides is 2. The molecule has 0 spiro atoms. The van der Waals surface area contributed by atoms with Gasteiger partial charge in [0.15, 0.2) is 11.6 Å². The average Bonchev–Trinajstić information content (AvgIpc) is 3.06. The van der Waals surface area contributed by atoms with Crippen molar-refractivity contribution in [3.8, 4) is 0 Å². The van der Waals surface area contributed by atoms with E-state index in [1.54, 1.807) is 12.1 Å². The molecule has 15 heteroatoms. The predicted octanol–water partition coefficient (Wildman–Crippen LogP) is 1.42. The molecule has 4 rings (SSSR count). The van der Waals surface area contributed by atoms with Gasteiger partial charge in [-0.3, -0.25) is 14.7 Å². The van der Waals surface area contributed by atoms with Gasteiger partial charge in [0.1, 0.15) is 22.8 Å². The second-order valence-corrected chi connectivity index (χ2v) is 9.26. The van der Waals surface area contributed by atoms with Gasteiger partial charge in [-0.1, -0.05) is 0 Å². The van der Waals surface area contributed by atoms with Crippen molar-refractivity contribution in [2.45, 2.75) is 17.4 Å². The fourth-order valence-electron chi connectivity index (χ4n) is 3.80. The summed E-state index contributed by atoms with van der Waals surface area (Å²) in [5.41, 5.74) is 2.58. The Labute approximate surface area is 205 Å². The number of benzene rings is 1. The second-order valence-electron chi connectivity index (χ2n) is 7.85. The van der Waals surface area contributed by atoms with Crippen LogP contribution in [-0.2, 0) is 20.5 Å². The summed E-state index contributed by atoms with van der Waals surface area (Å²) in [6.45, 7) is 0.280. The van der Waals surface area contributed by atoms with Crippen molar-refractivity contribution in [1.82, 2.24) is 20.1 Å². The highest BCUT2D eigenvalue weighted by Gasteiger charge is 2.34. The number of hydrazine groups is 1. The molecule has 2 saturated heterocycles. The van der Waals surface area contributed by atoms with Crippen LogP contribution in [0.3, 0.4) is 0 Å². The summed E-state index contributed by atoms with van der Waals surface area (Å²) in [6.07, 6.45) is -2.07. The molecule has 2 aliphatic heterocycles. The van der Waals surface area contributed by atoms with Gasteiger partial charge in [0.05, 0.1) is 23.7 Å². The van der Waals surface area contributed by atoms with Crippen LogP contribution in [0.15, 0.2) is 41.6 Å². The molecule has 2 amide bonds. The van der Waals surface area contributed by atoms with Crippen molar-refractivity contribution in [1.29, 1.82) is 0 Å². The first-order chi connectivity index (χ1) is 17.2. The molecule has 1 unspecified atom stereocenters. The molecule has 0 radical (unpaired) electrons. The maximum atomic E-state index is 15.1. The Morgan fingerprint density at radius 1 is 1.19 bits per heavy atom. The summed E-state index contributed by atoms with van der Waals surface area (Å²) in [4.78, 5) is 30.0. The molecule has 1 aromatic heterocycles. The molecule has 36 heavy (non-hydrogen) atoms. The van der Waals surface area contributed by atoms with Gasteiger partial charge in [0.25, 0.3) is 5.91 Å². The van der Waals surface area contributed by atoms with E-state index in [4.69, 9.17) is 4.74 Å². The Bertz CT molecular complexity index is 1120. The van der Waals surface area contributed by atoms with Crippen LogP contribution in [0.25, 0.3) is 0 Å². The van der Waals surface area contributed by atoms with Crippen LogP contribution < -0.4 is 20.5 Å². The van der Waals surface area contributed by atoms with Crippen molar-refractivity contribution >= 4 is 34.4 Å². The third-order valence-electron chi connectivity index (χ3n) is 5.50. The second kappa shape index (κ2) is 11.2. The van der Waals surface area contributed by atoms with Gasteiger partial charge in [-0.25, -0.2) is 23.2 Å². The molecule has 194 valence electrons. The molecule has 0 aliphatic carbocycles. The minimum Gasteiger partial charge on any atom is -0.442 e. The third-order valence-corrected chi connectivity index (χ3v) is 6.89. The zero-order chi connectivity index (χ0) is 25.8. The highest BCUT2D eigenvalue weighted by atomic mass is 32.2. The topological polar surface area (TPSA) is 107 Å². The van der Waals surface area contributed by atoms with E-state index in [1.165, 1.54) is 21.7 Å². The van der Waals surface area contributed by atoms with Crippen LogP contribution in [0.2, 0.25) is 0 Å². The first-order valence-electron chi connectivity index (χ1n) is 10.9. The maximum absolute atomic E-state index is 15.1.